The van der Waals surface area contributed by atoms with Crippen LogP contribution in [0.1, 0.15) is 48.1 Å². The third kappa shape index (κ3) is 5.47. The molecule has 7 nitrogen and oxygen atoms in total. The fourth-order valence-electron chi connectivity index (χ4n) is 4.78. The van der Waals surface area contributed by atoms with Crippen LogP contribution >= 0.6 is 0 Å². The lowest BCUT2D eigenvalue weighted by molar-refractivity contribution is -0.274. The SMILES string of the molecule is COc1cccc(C2/C(=C(\O)c3cc(C(C)C)c(OC)cc3C)C(=O)C(=O)N2c2cccc(OC(F)(F)F)c2)c1. The number of anilines is 1. The van der Waals surface area contributed by atoms with Gasteiger partial charge in [-0.3, -0.25) is 14.5 Å². The van der Waals surface area contributed by atoms with Crippen molar-refractivity contribution in [2.75, 3.05) is 19.1 Å². The molecular formula is C30H28F3NO6. The van der Waals surface area contributed by atoms with Crippen LogP contribution in [0.3, 0.4) is 0 Å². The van der Waals surface area contributed by atoms with E-state index in [1.165, 1.54) is 26.4 Å². The zero-order valence-corrected chi connectivity index (χ0v) is 22.5. The summed E-state index contributed by atoms with van der Waals surface area (Å²) in [5.74, 6) is -1.96. The van der Waals surface area contributed by atoms with Gasteiger partial charge in [0.15, 0.2) is 0 Å². The van der Waals surface area contributed by atoms with E-state index in [1.807, 2.05) is 13.8 Å². The summed E-state index contributed by atoms with van der Waals surface area (Å²) in [5.41, 5.74) is 1.85. The number of aryl methyl sites for hydroxylation is 1. The number of aliphatic hydroxyl groups is 1. The molecule has 0 radical (unpaired) electrons. The lowest BCUT2D eigenvalue weighted by Gasteiger charge is -2.26. The summed E-state index contributed by atoms with van der Waals surface area (Å²) in [6.07, 6.45) is -4.96. The second-order valence-corrected chi connectivity index (χ2v) is 9.55. The maximum absolute atomic E-state index is 13.5. The van der Waals surface area contributed by atoms with Gasteiger partial charge in [0.1, 0.15) is 23.0 Å². The van der Waals surface area contributed by atoms with Crippen LogP contribution < -0.4 is 19.1 Å². The molecule has 0 bridgehead atoms. The number of aliphatic hydroxyl groups excluding tert-OH is 1. The van der Waals surface area contributed by atoms with Crippen molar-refractivity contribution in [2.24, 2.45) is 0 Å². The van der Waals surface area contributed by atoms with E-state index in [1.54, 1.807) is 43.3 Å². The average molecular weight is 556 g/mol. The number of ketones is 1. The number of ether oxygens (including phenoxy) is 3. The Kier molecular flexibility index (Phi) is 7.81. The van der Waals surface area contributed by atoms with Gasteiger partial charge in [-0.2, -0.15) is 0 Å². The van der Waals surface area contributed by atoms with Gasteiger partial charge in [0.2, 0.25) is 0 Å². The fraction of sp³-hybridized carbons (Fsp3) is 0.267. The predicted octanol–water partition coefficient (Wildman–Crippen LogP) is 6.66. The maximum Gasteiger partial charge on any atom is 0.573 e. The van der Waals surface area contributed by atoms with Crippen molar-refractivity contribution in [3.05, 3.63) is 88.5 Å². The second kappa shape index (κ2) is 11.0. The predicted molar refractivity (Wildman–Crippen MR) is 143 cm³/mol. The number of halogens is 3. The molecule has 210 valence electrons. The Morgan fingerprint density at radius 3 is 2.25 bits per heavy atom. The highest BCUT2D eigenvalue weighted by Gasteiger charge is 2.47. The molecule has 10 heteroatoms. The quantitative estimate of drug-likeness (QED) is 0.199. The molecule has 1 fully saturated rings. The molecular weight excluding hydrogens is 527 g/mol. The minimum absolute atomic E-state index is 0.00932. The maximum atomic E-state index is 13.5. The van der Waals surface area contributed by atoms with Gasteiger partial charge in [-0.1, -0.05) is 32.0 Å². The molecule has 1 amide bonds. The molecule has 4 rings (SSSR count). The van der Waals surface area contributed by atoms with E-state index in [0.717, 1.165) is 22.6 Å². The van der Waals surface area contributed by atoms with Crippen molar-refractivity contribution < 1.29 is 42.1 Å². The van der Waals surface area contributed by atoms with Crippen LogP contribution in [-0.2, 0) is 9.59 Å². The Morgan fingerprint density at radius 2 is 1.62 bits per heavy atom. The number of amides is 1. The number of hydrogen-bond acceptors (Lipinski definition) is 6. The van der Waals surface area contributed by atoms with E-state index in [2.05, 4.69) is 4.74 Å². The number of Topliss-reactive ketones (excluding diaryl/α,β-unsaturated/α-hetero) is 1. The van der Waals surface area contributed by atoms with Crippen molar-refractivity contribution in [1.29, 1.82) is 0 Å². The number of carbonyl (C=O) groups excluding carboxylic acids is 2. The summed E-state index contributed by atoms with van der Waals surface area (Å²) in [5, 5.41) is 11.6. The number of rotatable bonds is 7. The molecule has 1 N–H and O–H groups in total. The molecule has 3 aromatic carbocycles. The van der Waals surface area contributed by atoms with Gasteiger partial charge in [0.05, 0.1) is 25.8 Å². The van der Waals surface area contributed by atoms with Gasteiger partial charge in [-0.15, -0.1) is 13.2 Å². The summed E-state index contributed by atoms with van der Waals surface area (Å²) in [6, 6.07) is 13.6. The number of alkyl halides is 3. The normalized spacial score (nSPS) is 16.9. The molecule has 0 aromatic heterocycles. The van der Waals surface area contributed by atoms with Crippen molar-refractivity contribution >= 4 is 23.1 Å². The molecule has 1 saturated heterocycles. The molecule has 1 unspecified atom stereocenters. The molecule has 1 aliphatic rings. The standard InChI is InChI=1S/C30H28F3NO6/c1-16(2)22-15-23(17(3)12-24(22)39-5)27(35)25-26(18-8-6-10-20(13-18)38-4)34(29(37)28(25)36)19-9-7-11-21(14-19)40-30(31,32)33/h6-16,26,35H,1-5H3/b27-25+. The largest absolute Gasteiger partial charge is 0.573 e. The van der Waals surface area contributed by atoms with Crippen LogP contribution in [0.2, 0.25) is 0 Å². The van der Waals surface area contributed by atoms with E-state index in [9.17, 15) is 27.9 Å². The summed E-state index contributed by atoms with van der Waals surface area (Å²) in [7, 11) is 2.98. The van der Waals surface area contributed by atoms with Gasteiger partial charge in [0, 0.05) is 17.3 Å². The fourth-order valence-corrected chi connectivity index (χ4v) is 4.78. The third-order valence-corrected chi connectivity index (χ3v) is 6.64. The highest BCUT2D eigenvalue weighted by atomic mass is 19.4. The topological polar surface area (TPSA) is 85.3 Å². The Labute approximate surface area is 229 Å². The van der Waals surface area contributed by atoms with Crippen molar-refractivity contribution in [1.82, 2.24) is 0 Å². The Hall–Kier alpha value is -4.47. The molecule has 0 spiro atoms. The van der Waals surface area contributed by atoms with Crippen LogP contribution in [0.25, 0.3) is 5.76 Å². The highest BCUT2D eigenvalue weighted by molar-refractivity contribution is 6.51. The Balaban J connectivity index is 1.97. The molecule has 3 aromatic rings. The first kappa shape index (κ1) is 28.5. The molecule has 1 aliphatic heterocycles. The first-order chi connectivity index (χ1) is 18.9. The van der Waals surface area contributed by atoms with E-state index in [0.29, 0.717) is 28.2 Å². The third-order valence-electron chi connectivity index (χ3n) is 6.64. The smallest absolute Gasteiger partial charge is 0.507 e. The van der Waals surface area contributed by atoms with Crippen molar-refractivity contribution in [3.8, 4) is 17.2 Å². The monoisotopic (exact) mass is 555 g/mol. The van der Waals surface area contributed by atoms with Crippen LogP contribution in [0, 0.1) is 6.92 Å². The minimum atomic E-state index is -4.96. The van der Waals surface area contributed by atoms with Gasteiger partial charge in [-0.05, 0) is 65.9 Å². The van der Waals surface area contributed by atoms with Gasteiger partial charge >= 0.3 is 6.36 Å². The number of hydrogen-bond donors (Lipinski definition) is 1. The summed E-state index contributed by atoms with van der Waals surface area (Å²) >= 11 is 0. The van der Waals surface area contributed by atoms with E-state index in [4.69, 9.17) is 9.47 Å². The lowest BCUT2D eigenvalue weighted by atomic mass is 9.91. The molecule has 40 heavy (non-hydrogen) atoms. The van der Waals surface area contributed by atoms with Crippen molar-refractivity contribution in [2.45, 2.75) is 39.1 Å². The first-order valence-corrected chi connectivity index (χ1v) is 12.4. The first-order valence-electron chi connectivity index (χ1n) is 12.4. The number of nitrogens with zero attached hydrogens (tertiary/aromatic N) is 1. The van der Waals surface area contributed by atoms with Crippen LogP contribution in [0.15, 0.2) is 66.2 Å². The number of methoxy groups -OCH3 is 2. The Morgan fingerprint density at radius 1 is 0.950 bits per heavy atom. The molecule has 1 heterocycles. The van der Waals surface area contributed by atoms with Gasteiger partial charge < -0.3 is 19.3 Å². The second-order valence-electron chi connectivity index (χ2n) is 9.55. The van der Waals surface area contributed by atoms with Gasteiger partial charge in [-0.25, -0.2) is 0 Å². The highest BCUT2D eigenvalue weighted by Crippen LogP contribution is 2.44. The Bertz CT molecular complexity index is 1490. The van der Waals surface area contributed by atoms with Gasteiger partial charge in [0.25, 0.3) is 11.7 Å². The van der Waals surface area contributed by atoms with Crippen molar-refractivity contribution in [3.63, 3.8) is 0 Å². The summed E-state index contributed by atoms with van der Waals surface area (Å²) < 4.78 is 53.6. The minimum Gasteiger partial charge on any atom is -0.507 e. The van der Waals surface area contributed by atoms with Crippen LogP contribution in [0.5, 0.6) is 17.2 Å². The number of benzene rings is 3. The van der Waals surface area contributed by atoms with Crippen LogP contribution in [0.4, 0.5) is 18.9 Å². The number of carbonyl (C=O) groups is 2. The van der Waals surface area contributed by atoms with E-state index < -0.39 is 35.6 Å². The van der Waals surface area contributed by atoms with Crippen LogP contribution in [-0.4, -0.2) is 37.4 Å². The van der Waals surface area contributed by atoms with E-state index >= 15 is 0 Å². The zero-order valence-electron chi connectivity index (χ0n) is 22.5. The molecule has 1 atom stereocenters. The zero-order chi connectivity index (χ0) is 29.4. The lowest BCUT2D eigenvalue weighted by Crippen LogP contribution is -2.29. The summed E-state index contributed by atoms with van der Waals surface area (Å²) in [4.78, 5) is 28.0. The summed E-state index contributed by atoms with van der Waals surface area (Å²) in [6.45, 7) is 5.63. The average Bonchev–Trinajstić information content (AvgIpc) is 3.17. The molecule has 0 saturated carbocycles. The van der Waals surface area contributed by atoms with E-state index in [-0.39, 0.29) is 17.2 Å². The molecule has 0 aliphatic carbocycles.